The summed E-state index contributed by atoms with van der Waals surface area (Å²) < 4.78 is 0. The van der Waals surface area contributed by atoms with Gasteiger partial charge < -0.3 is 10.4 Å². The van der Waals surface area contributed by atoms with Crippen LogP contribution < -0.4 is 5.32 Å². The normalized spacial score (nSPS) is 10.6. The molecule has 0 saturated carbocycles. The van der Waals surface area contributed by atoms with Crippen LogP contribution in [-0.2, 0) is 11.2 Å². The second-order valence-electron chi connectivity index (χ2n) is 3.92. The SMILES string of the molecule is CC(C)NCC(=O)Cc1ccc(O)cc1. The highest BCUT2D eigenvalue weighted by molar-refractivity contribution is 5.82. The summed E-state index contributed by atoms with van der Waals surface area (Å²) in [4.78, 5) is 11.5. The van der Waals surface area contributed by atoms with Crippen LogP contribution in [0, 0.1) is 0 Å². The summed E-state index contributed by atoms with van der Waals surface area (Å²) in [5.41, 5.74) is 0.934. The third kappa shape index (κ3) is 4.61. The van der Waals surface area contributed by atoms with Crippen LogP contribution >= 0.6 is 0 Å². The Kier molecular flexibility index (Phi) is 4.31. The molecule has 0 bridgehead atoms. The zero-order chi connectivity index (χ0) is 11.3. The molecular formula is C12H17NO2. The van der Waals surface area contributed by atoms with Gasteiger partial charge in [0.25, 0.3) is 0 Å². The number of ketones is 1. The lowest BCUT2D eigenvalue weighted by Gasteiger charge is -2.06. The minimum atomic E-state index is 0.161. The van der Waals surface area contributed by atoms with E-state index in [1.165, 1.54) is 0 Å². The maximum absolute atomic E-state index is 11.5. The van der Waals surface area contributed by atoms with Crippen molar-refractivity contribution in [2.45, 2.75) is 26.3 Å². The van der Waals surface area contributed by atoms with Gasteiger partial charge in [-0.15, -0.1) is 0 Å². The number of phenols is 1. The number of carbonyl (C=O) groups excluding carboxylic acids is 1. The summed E-state index contributed by atoms with van der Waals surface area (Å²) in [6.07, 6.45) is 0.417. The molecule has 0 radical (unpaired) electrons. The van der Waals surface area contributed by atoms with Crippen molar-refractivity contribution in [3.8, 4) is 5.75 Å². The maximum Gasteiger partial charge on any atom is 0.150 e. The van der Waals surface area contributed by atoms with Crippen LogP contribution in [0.1, 0.15) is 19.4 Å². The number of nitrogens with one attached hydrogen (secondary N) is 1. The standard InChI is InChI=1S/C12H17NO2/c1-9(2)13-8-12(15)7-10-3-5-11(14)6-4-10/h3-6,9,13-14H,7-8H2,1-2H3. The smallest absolute Gasteiger partial charge is 0.150 e. The van der Waals surface area contributed by atoms with Crippen LogP contribution in [0.25, 0.3) is 0 Å². The highest BCUT2D eigenvalue weighted by atomic mass is 16.3. The van der Waals surface area contributed by atoms with E-state index in [2.05, 4.69) is 5.32 Å². The number of phenolic OH excluding ortho intramolecular Hbond substituents is 1. The van der Waals surface area contributed by atoms with Crippen LogP contribution in [0.3, 0.4) is 0 Å². The first-order valence-corrected chi connectivity index (χ1v) is 5.11. The van der Waals surface area contributed by atoms with Crippen molar-refractivity contribution in [1.29, 1.82) is 0 Å². The minimum Gasteiger partial charge on any atom is -0.508 e. The molecule has 3 heteroatoms. The highest BCUT2D eigenvalue weighted by Crippen LogP contribution is 2.09. The van der Waals surface area contributed by atoms with E-state index in [-0.39, 0.29) is 11.5 Å². The molecule has 0 aliphatic rings. The van der Waals surface area contributed by atoms with Gasteiger partial charge in [0.1, 0.15) is 5.75 Å². The van der Waals surface area contributed by atoms with Gasteiger partial charge in [0.15, 0.2) is 5.78 Å². The van der Waals surface area contributed by atoms with Crippen molar-refractivity contribution >= 4 is 5.78 Å². The van der Waals surface area contributed by atoms with Gasteiger partial charge in [-0.2, -0.15) is 0 Å². The van der Waals surface area contributed by atoms with Gasteiger partial charge in [-0.3, -0.25) is 4.79 Å². The van der Waals surface area contributed by atoms with Crippen LogP contribution in [-0.4, -0.2) is 23.5 Å². The lowest BCUT2D eigenvalue weighted by Crippen LogP contribution is -2.29. The van der Waals surface area contributed by atoms with Crippen LogP contribution in [0.4, 0.5) is 0 Å². The molecule has 0 saturated heterocycles. The summed E-state index contributed by atoms with van der Waals surface area (Å²) >= 11 is 0. The van der Waals surface area contributed by atoms with Crippen molar-refractivity contribution < 1.29 is 9.90 Å². The first kappa shape index (κ1) is 11.7. The van der Waals surface area contributed by atoms with E-state index in [9.17, 15) is 4.79 Å². The van der Waals surface area contributed by atoms with Gasteiger partial charge in [-0.05, 0) is 17.7 Å². The fourth-order valence-corrected chi connectivity index (χ4v) is 1.22. The molecule has 0 spiro atoms. The molecule has 0 fully saturated rings. The van der Waals surface area contributed by atoms with Gasteiger partial charge in [0.2, 0.25) is 0 Å². The fraction of sp³-hybridized carbons (Fsp3) is 0.417. The number of rotatable bonds is 5. The quantitative estimate of drug-likeness (QED) is 0.769. The van der Waals surface area contributed by atoms with Crippen molar-refractivity contribution in [2.75, 3.05) is 6.54 Å². The second kappa shape index (κ2) is 5.51. The summed E-state index contributed by atoms with van der Waals surface area (Å²) in [5, 5.41) is 12.1. The Labute approximate surface area is 90.1 Å². The molecular weight excluding hydrogens is 190 g/mol. The predicted molar refractivity (Wildman–Crippen MR) is 60.0 cm³/mol. The van der Waals surface area contributed by atoms with E-state index in [4.69, 9.17) is 5.11 Å². The largest absolute Gasteiger partial charge is 0.508 e. The predicted octanol–water partition coefficient (Wildman–Crippen LogP) is 1.50. The van der Waals surface area contributed by atoms with Crippen LogP contribution in [0.5, 0.6) is 5.75 Å². The summed E-state index contributed by atoms with van der Waals surface area (Å²) in [6.45, 7) is 4.42. The van der Waals surface area contributed by atoms with E-state index in [1.54, 1.807) is 24.3 Å². The molecule has 0 heterocycles. The monoisotopic (exact) mass is 207 g/mol. The van der Waals surface area contributed by atoms with E-state index in [0.717, 1.165) is 5.56 Å². The Balaban J connectivity index is 2.41. The fourth-order valence-electron chi connectivity index (χ4n) is 1.22. The highest BCUT2D eigenvalue weighted by Gasteiger charge is 2.04. The first-order valence-electron chi connectivity index (χ1n) is 5.11. The zero-order valence-corrected chi connectivity index (χ0v) is 9.16. The minimum absolute atomic E-state index is 0.161. The van der Waals surface area contributed by atoms with Gasteiger partial charge in [0.05, 0.1) is 6.54 Å². The van der Waals surface area contributed by atoms with E-state index in [1.807, 2.05) is 13.8 Å². The maximum atomic E-state index is 11.5. The Morgan fingerprint density at radius 1 is 1.33 bits per heavy atom. The Bertz CT molecular complexity index is 317. The molecule has 15 heavy (non-hydrogen) atoms. The molecule has 0 amide bonds. The first-order chi connectivity index (χ1) is 7.08. The Morgan fingerprint density at radius 2 is 1.93 bits per heavy atom. The van der Waals surface area contributed by atoms with Crippen LogP contribution in [0.2, 0.25) is 0 Å². The summed E-state index contributed by atoms with van der Waals surface area (Å²) in [5.74, 6) is 0.390. The number of carbonyl (C=O) groups is 1. The third-order valence-electron chi connectivity index (χ3n) is 2.05. The molecule has 0 aliphatic heterocycles. The van der Waals surface area contributed by atoms with Gasteiger partial charge >= 0.3 is 0 Å². The average Bonchev–Trinajstić information content (AvgIpc) is 2.19. The topological polar surface area (TPSA) is 49.3 Å². The molecule has 0 atom stereocenters. The number of hydrogen-bond acceptors (Lipinski definition) is 3. The molecule has 0 unspecified atom stereocenters. The molecule has 1 aromatic rings. The molecule has 82 valence electrons. The van der Waals surface area contributed by atoms with Crippen molar-refractivity contribution in [3.05, 3.63) is 29.8 Å². The van der Waals surface area contributed by atoms with E-state index in [0.29, 0.717) is 19.0 Å². The Hall–Kier alpha value is -1.35. The molecule has 2 N–H and O–H groups in total. The zero-order valence-electron chi connectivity index (χ0n) is 9.16. The average molecular weight is 207 g/mol. The number of Topliss-reactive ketones (excluding diaryl/α,β-unsaturated/α-hetero) is 1. The van der Waals surface area contributed by atoms with Crippen molar-refractivity contribution in [1.82, 2.24) is 5.32 Å². The third-order valence-corrected chi connectivity index (χ3v) is 2.05. The van der Waals surface area contributed by atoms with E-state index >= 15 is 0 Å². The number of hydrogen-bond donors (Lipinski definition) is 2. The van der Waals surface area contributed by atoms with Crippen LogP contribution in [0.15, 0.2) is 24.3 Å². The number of benzene rings is 1. The van der Waals surface area contributed by atoms with Gasteiger partial charge in [-0.25, -0.2) is 0 Å². The van der Waals surface area contributed by atoms with E-state index < -0.39 is 0 Å². The number of aromatic hydroxyl groups is 1. The van der Waals surface area contributed by atoms with Crippen molar-refractivity contribution in [2.24, 2.45) is 0 Å². The molecule has 0 aliphatic carbocycles. The summed E-state index contributed by atoms with van der Waals surface area (Å²) in [6, 6.07) is 7.05. The second-order valence-corrected chi connectivity index (χ2v) is 3.92. The molecule has 1 aromatic carbocycles. The summed E-state index contributed by atoms with van der Waals surface area (Å²) in [7, 11) is 0. The molecule has 3 nitrogen and oxygen atoms in total. The molecule has 0 aromatic heterocycles. The lowest BCUT2D eigenvalue weighted by molar-refractivity contribution is -0.117. The lowest BCUT2D eigenvalue weighted by atomic mass is 10.1. The Morgan fingerprint density at radius 3 is 2.47 bits per heavy atom. The van der Waals surface area contributed by atoms with Gasteiger partial charge in [-0.1, -0.05) is 26.0 Å². The molecule has 1 rings (SSSR count). The van der Waals surface area contributed by atoms with Gasteiger partial charge in [0, 0.05) is 12.5 Å². The van der Waals surface area contributed by atoms with Crippen molar-refractivity contribution in [3.63, 3.8) is 0 Å².